The van der Waals surface area contributed by atoms with Crippen molar-refractivity contribution < 1.29 is 18.7 Å². The van der Waals surface area contributed by atoms with Crippen molar-refractivity contribution in [2.75, 3.05) is 6.61 Å². The van der Waals surface area contributed by atoms with Gasteiger partial charge >= 0.3 is 5.97 Å². The number of hydrogen-bond donors (Lipinski definition) is 0. The summed E-state index contributed by atoms with van der Waals surface area (Å²) in [6.07, 6.45) is 3.21. The largest absolute Gasteiger partial charge is 0.489 e. The van der Waals surface area contributed by atoms with E-state index in [1.54, 1.807) is 54.2 Å². The molecule has 0 saturated heterocycles. The first-order valence-electron chi connectivity index (χ1n) is 11.0. The maximum atomic E-state index is 14.0. The number of benzene rings is 3. The monoisotopic (exact) mass is 467 g/mol. The number of esters is 1. The van der Waals surface area contributed by atoms with Gasteiger partial charge < -0.3 is 9.47 Å². The van der Waals surface area contributed by atoms with Crippen molar-refractivity contribution in [2.45, 2.75) is 13.5 Å². The molecule has 0 spiro atoms. The number of hydrogen-bond acceptors (Lipinski definition) is 5. The molecular weight excluding hydrogens is 445 g/mol. The van der Waals surface area contributed by atoms with Crippen molar-refractivity contribution in [1.29, 1.82) is 5.26 Å². The minimum atomic E-state index is -0.699. The van der Waals surface area contributed by atoms with E-state index in [-0.39, 0.29) is 24.6 Å². The van der Waals surface area contributed by atoms with Gasteiger partial charge in [0, 0.05) is 22.9 Å². The van der Waals surface area contributed by atoms with Crippen molar-refractivity contribution in [3.8, 4) is 28.8 Å². The van der Waals surface area contributed by atoms with Crippen LogP contribution in [0.15, 0.2) is 90.6 Å². The maximum Gasteiger partial charge on any atom is 0.348 e. The minimum absolute atomic E-state index is 0.0722. The van der Waals surface area contributed by atoms with E-state index < -0.39 is 5.97 Å². The summed E-state index contributed by atoms with van der Waals surface area (Å²) >= 11 is 0. The summed E-state index contributed by atoms with van der Waals surface area (Å²) in [5.74, 6) is -0.503. The van der Waals surface area contributed by atoms with Crippen molar-refractivity contribution in [1.82, 2.24) is 9.78 Å². The minimum Gasteiger partial charge on any atom is -0.489 e. The highest BCUT2D eigenvalue weighted by Crippen LogP contribution is 2.29. The number of rotatable bonds is 8. The second-order valence-electron chi connectivity index (χ2n) is 7.51. The molecule has 0 bridgehead atoms. The highest BCUT2D eigenvalue weighted by molar-refractivity contribution is 5.98. The maximum absolute atomic E-state index is 14.0. The Morgan fingerprint density at radius 2 is 1.86 bits per heavy atom. The van der Waals surface area contributed by atoms with E-state index in [1.165, 1.54) is 12.1 Å². The Bertz CT molecular complexity index is 1400. The molecule has 4 aromatic rings. The van der Waals surface area contributed by atoms with Gasteiger partial charge in [0.15, 0.2) is 0 Å². The van der Waals surface area contributed by atoms with Crippen LogP contribution in [0, 0.1) is 17.1 Å². The number of carbonyl (C=O) groups is 1. The molecule has 0 N–H and O–H groups in total. The fourth-order valence-corrected chi connectivity index (χ4v) is 3.44. The number of aromatic nitrogens is 2. The van der Waals surface area contributed by atoms with Crippen molar-refractivity contribution in [3.63, 3.8) is 0 Å². The number of para-hydroxylation sites is 1. The summed E-state index contributed by atoms with van der Waals surface area (Å²) in [7, 11) is 0. The first kappa shape index (κ1) is 23.5. The Balaban J connectivity index is 1.72. The lowest BCUT2D eigenvalue weighted by atomic mass is 10.1. The number of carbonyl (C=O) groups excluding carboxylic acids is 1. The van der Waals surface area contributed by atoms with Gasteiger partial charge in [0.25, 0.3) is 0 Å². The first-order chi connectivity index (χ1) is 17.1. The summed E-state index contributed by atoms with van der Waals surface area (Å²) in [5.41, 5.74) is 2.94. The molecule has 0 atom stereocenters. The van der Waals surface area contributed by atoms with Crippen LogP contribution in [-0.4, -0.2) is 22.4 Å². The van der Waals surface area contributed by atoms with Crippen LogP contribution in [0.1, 0.15) is 18.1 Å². The lowest BCUT2D eigenvalue weighted by Crippen LogP contribution is -2.06. The van der Waals surface area contributed by atoms with Crippen molar-refractivity contribution >= 4 is 12.0 Å². The molecule has 0 fully saturated rings. The molecule has 0 unspecified atom stereocenters. The highest BCUT2D eigenvalue weighted by Gasteiger charge is 2.16. The Morgan fingerprint density at radius 1 is 1.09 bits per heavy atom. The molecule has 35 heavy (non-hydrogen) atoms. The van der Waals surface area contributed by atoms with Crippen LogP contribution in [0.4, 0.5) is 4.39 Å². The van der Waals surface area contributed by atoms with E-state index in [9.17, 15) is 14.4 Å². The van der Waals surface area contributed by atoms with E-state index in [1.807, 2.05) is 42.5 Å². The molecule has 0 aliphatic heterocycles. The third kappa shape index (κ3) is 5.63. The molecule has 4 rings (SSSR count). The van der Waals surface area contributed by atoms with Gasteiger partial charge in [-0.05, 0) is 43.3 Å². The Hall–Kier alpha value is -4.70. The zero-order valence-electron chi connectivity index (χ0n) is 19.0. The van der Waals surface area contributed by atoms with E-state index in [2.05, 4.69) is 0 Å². The fourth-order valence-electron chi connectivity index (χ4n) is 3.44. The van der Waals surface area contributed by atoms with Crippen LogP contribution in [0.5, 0.6) is 5.75 Å². The molecule has 3 aromatic carbocycles. The molecule has 0 radical (unpaired) electrons. The van der Waals surface area contributed by atoms with Gasteiger partial charge in [0.1, 0.15) is 35.5 Å². The summed E-state index contributed by atoms with van der Waals surface area (Å²) in [4.78, 5) is 12.2. The SMILES string of the molecule is CCOC(=O)/C(C#N)=C\c1cn(-c2ccccc2)nc1-c1cccc(OCc2ccccc2F)c1. The Labute approximate surface area is 202 Å². The highest BCUT2D eigenvalue weighted by atomic mass is 19.1. The number of nitriles is 1. The van der Waals surface area contributed by atoms with E-state index in [0.717, 1.165) is 5.69 Å². The average Bonchev–Trinajstić information content (AvgIpc) is 3.31. The standard InChI is InChI=1S/C28H22FN3O3/c1-2-34-28(33)22(17-30)15-23-18-32(24-11-4-3-5-12-24)31-27(23)20-10-8-13-25(16-20)35-19-21-9-6-7-14-26(21)29/h3-16,18H,2,19H2,1H3/b22-15-. The van der Waals surface area contributed by atoms with Gasteiger partial charge in [0.05, 0.1) is 12.3 Å². The average molecular weight is 468 g/mol. The lowest BCUT2D eigenvalue weighted by Gasteiger charge is -2.09. The summed E-state index contributed by atoms with van der Waals surface area (Å²) in [6.45, 7) is 1.91. The number of halogens is 1. The van der Waals surface area contributed by atoms with Gasteiger partial charge in [-0.3, -0.25) is 0 Å². The van der Waals surface area contributed by atoms with Crippen LogP contribution in [0.2, 0.25) is 0 Å². The molecule has 0 amide bonds. The van der Waals surface area contributed by atoms with Crippen LogP contribution < -0.4 is 4.74 Å². The van der Waals surface area contributed by atoms with Gasteiger partial charge in [-0.1, -0.05) is 48.5 Å². The number of nitrogens with zero attached hydrogens (tertiary/aromatic N) is 3. The molecule has 7 heteroatoms. The molecule has 1 aromatic heterocycles. The van der Waals surface area contributed by atoms with Crippen LogP contribution in [-0.2, 0) is 16.1 Å². The Morgan fingerprint density at radius 3 is 2.60 bits per heavy atom. The summed E-state index contributed by atoms with van der Waals surface area (Å²) < 4.78 is 26.5. The van der Waals surface area contributed by atoms with E-state index in [0.29, 0.717) is 28.1 Å². The third-order valence-corrected chi connectivity index (χ3v) is 5.14. The normalized spacial score (nSPS) is 11.1. The third-order valence-electron chi connectivity index (χ3n) is 5.14. The van der Waals surface area contributed by atoms with E-state index in [4.69, 9.17) is 14.6 Å². The molecule has 0 aliphatic carbocycles. The van der Waals surface area contributed by atoms with Crippen molar-refractivity contribution in [3.05, 3.63) is 108 Å². The van der Waals surface area contributed by atoms with E-state index >= 15 is 0 Å². The smallest absolute Gasteiger partial charge is 0.348 e. The van der Waals surface area contributed by atoms with Gasteiger partial charge in [-0.2, -0.15) is 10.4 Å². The van der Waals surface area contributed by atoms with Gasteiger partial charge in [-0.15, -0.1) is 0 Å². The summed E-state index contributed by atoms with van der Waals surface area (Å²) in [6, 6.07) is 25.0. The van der Waals surface area contributed by atoms with Gasteiger partial charge in [-0.25, -0.2) is 13.9 Å². The topological polar surface area (TPSA) is 77.1 Å². The second kappa shape index (κ2) is 10.9. The van der Waals surface area contributed by atoms with Crippen molar-refractivity contribution in [2.24, 2.45) is 0 Å². The summed E-state index contributed by atoms with van der Waals surface area (Å²) in [5, 5.41) is 14.2. The second-order valence-corrected chi connectivity index (χ2v) is 7.51. The molecule has 1 heterocycles. The quantitative estimate of drug-likeness (QED) is 0.188. The number of ether oxygens (including phenoxy) is 2. The Kier molecular flexibility index (Phi) is 7.34. The lowest BCUT2D eigenvalue weighted by molar-refractivity contribution is -0.137. The predicted molar refractivity (Wildman–Crippen MR) is 130 cm³/mol. The van der Waals surface area contributed by atoms with Gasteiger partial charge in [0.2, 0.25) is 0 Å². The zero-order chi connectivity index (χ0) is 24.6. The molecule has 0 aliphatic rings. The molecule has 0 saturated carbocycles. The fraction of sp³-hybridized carbons (Fsp3) is 0.107. The molecular formula is C28H22FN3O3. The molecule has 6 nitrogen and oxygen atoms in total. The van der Waals surface area contributed by atoms with Crippen LogP contribution >= 0.6 is 0 Å². The zero-order valence-corrected chi connectivity index (χ0v) is 19.0. The predicted octanol–water partition coefficient (Wildman–Crippen LogP) is 5.73. The van der Waals surface area contributed by atoms with Crippen LogP contribution in [0.3, 0.4) is 0 Å². The first-order valence-corrected chi connectivity index (χ1v) is 11.0. The van der Waals surface area contributed by atoms with Crippen LogP contribution in [0.25, 0.3) is 23.0 Å². The molecule has 174 valence electrons.